The Hall–Kier alpha value is -0.700. The summed E-state index contributed by atoms with van der Waals surface area (Å²) in [6, 6.07) is 0. The van der Waals surface area contributed by atoms with Crippen LogP contribution in [0, 0.1) is 11.8 Å². The van der Waals surface area contributed by atoms with E-state index in [0.29, 0.717) is 0 Å². The van der Waals surface area contributed by atoms with Crippen LogP contribution in [-0.2, 0) is 0 Å². The van der Waals surface area contributed by atoms with Crippen LogP contribution in [0.15, 0.2) is 11.6 Å². The summed E-state index contributed by atoms with van der Waals surface area (Å²) in [6.45, 7) is 2.25. The highest BCUT2D eigenvalue weighted by Gasteiger charge is 1.98. The summed E-state index contributed by atoms with van der Waals surface area (Å²) in [5.41, 5.74) is 1.41. The van der Waals surface area contributed by atoms with E-state index in [2.05, 4.69) is 24.8 Å². The molecule has 0 heteroatoms. The van der Waals surface area contributed by atoms with Crippen molar-refractivity contribution in [3.63, 3.8) is 0 Å². The van der Waals surface area contributed by atoms with Gasteiger partial charge in [0.25, 0.3) is 0 Å². The van der Waals surface area contributed by atoms with E-state index in [0.717, 1.165) is 6.42 Å². The van der Waals surface area contributed by atoms with Crippen LogP contribution >= 0.6 is 0 Å². The Morgan fingerprint density at radius 2 is 2.07 bits per heavy atom. The predicted molar refractivity (Wildman–Crippen MR) is 67.7 cm³/mol. The molecular formula is C15H24. The maximum Gasteiger partial charge on any atom is 0.00923 e. The third-order valence-electron chi connectivity index (χ3n) is 2.95. The number of rotatable bonds is 4. The van der Waals surface area contributed by atoms with Gasteiger partial charge in [0, 0.05) is 6.42 Å². The van der Waals surface area contributed by atoms with Crippen molar-refractivity contribution in [3.05, 3.63) is 11.6 Å². The molecule has 1 aliphatic carbocycles. The average Bonchev–Trinajstić information content (AvgIpc) is 2.52. The van der Waals surface area contributed by atoms with Gasteiger partial charge in [0.15, 0.2) is 0 Å². The molecule has 0 amide bonds. The Morgan fingerprint density at radius 3 is 2.93 bits per heavy atom. The Labute approximate surface area is 95.2 Å². The van der Waals surface area contributed by atoms with Crippen molar-refractivity contribution in [3.8, 4) is 11.8 Å². The summed E-state index contributed by atoms with van der Waals surface area (Å²) in [6.07, 6.45) is 15.3. The van der Waals surface area contributed by atoms with Gasteiger partial charge in [-0.1, -0.05) is 50.5 Å². The van der Waals surface area contributed by atoms with Gasteiger partial charge in [-0.05, 0) is 37.7 Å². The molecule has 0 nitrogen and oxygen atoms in total. The standard InChI is InChI=1S/C15H24/c1-2-3-4-5-6-9-12-15-13-10-7-8-11-14-15/h13H,2-8,10-11,14H2,1H3. The van der Waals surface area contributed by atoms with Gasteiger partial charge in [0.2, 0.25) is 0 Å². The van der Waals surface area contributed by atoms with Crippen molar-refractivity contribution in [1.29, 1.82) is 0 Å². The molecule has 0 aromatic carbocycles. The molecule has 0 aliphatic heterocycles. The molecule has 0 saturated heterocycles. The van der Waals surface area contributed by atoms with E-state index in [1.807, 2.05) is 0 Å². The third kappa shape index (κ3) is 6.39. The van der Waals surface area contributed by atoms with Crippen LogP contribution in [-0.4, -0.2) is 0 Å². The van der Waals surface area contributed by atoms with E-state index in [-0.39, 0.29) is 0 Å². The zero-order valence-corrected chi connectivity index (χ0v) is 10.1. The van der Waals surface area contributed by atoms with E-state index in [9.17, 15) is 0 Å². The Bertz CT molecular complexity index is 236. The lowest BCUT2D eigenvalue weighted by Gasteiger charge is -1.94. The summed E-state index contributed by atoms with van der Waals surface area (Å²) < 4.78 is 0. The second-order valence-corrected chi connectivity index (χ2v) is 4.44. The lowest BCUT2D eigenvalue weighted by molar-refractivity contribution is 0.679. The first kappa shape index (κ1) is 12.4. The highest BCUT2D eigenvalue weighted by atomic mass is 14.0. The lowest BCUT2D eigenvalue weighted by Crippen LogP contribution is -1.78. The fourth-order valence-corrected chi connectivity index (χ4v) is 1.94. The minimum atomic E-state index is 1.09. The van der Waals surface area contributed by atoms with E-state index in [4.69, 9.17) is 0 Å². The van der Waals surface area contributed by atoms with Crippen LogP contribution in [0.5, 0.6) is 0 Å². The Morgan fingerprint density at radius 1 is 1.13 bits per heavy atom. The molecule has 0 heterocycles. The summed E-state index contributed by atoms with van der Waals surface area (Å²) in [5.74, 6) is 6.67. The van der Waals surface area contributed by atoms with E-state index in [1.165, 1.54) is 63.4 Å². The second-order valence-electron chi connectivity index (χ2n) is 4.44. The van der Waals surface area contributed by atoms with Crippen molar-refractivity contribution in [2.45, 2.75) is 71.1 Å². The highest BCUT2D eigenvalue weighted by molar-refractivity contribution is 5.28. The minimum absolute atomic E-state index is 1.09. The fourth-order valence-electron chi connectivity index (χ4n) is 1.94. The largest absolute Gasteiger partial charge is 0.0982 e. The zero-order valence-electron chi connectivity index (χ0n) is 10.1. The molecule has 0 bridgehead atoms. The molecule has 0 fully saturated rings. The molecule has 15 heavy (non-hydrogen) atoms. The van der Waals surface area contributed by atoms with Crippen molar-refractivity contribution in [2.24, 2.45) is 0 Å². The topological polar surface area (TPSA) is 0 Å². The van der Waals surface area contributed by atoms with Crippen molar-refractivity contribution >= 4 is 0 Å². The molecular weight excluding hydrogens is 180 g/mol. The molecule has 0 unspecified atom stereocenters. The number of unbranched alkanes of at least 4 members (excludes halogenated alkanes) is 4. The van der Waals surface area contributed by atoms with Gasteiger partial charge in [-0.2, -0.15) is 0 Å². The summed E-state index contributed by atoms with van der Waals surface area (Å²) in [7, 11) is 0. The zero-order chi connectivity index (χ0) is 10.8. The smallest absolute Gasteiger partial charge is 0.00923 e. The van der Waals surface area contributed by atoms with Gasteiger partial charge in [-0.3, -0.25) is 0 Å². The number of allylic oxidation sites excluding steroid dienone is 2. The van der Waals surface area contributed by atoms with Crippen LogP contribution in [0.25, 0.3) is 0 Å². The van der Waals surface area contributed by atoms with Crippen molar-refractivity contribution in [2.75, 3.05) is 0 Å². The van der Waals surface area contributed by atoms with Gasteiger partial charge >= 0.3 is 0 Å². The van der Waals surface area contributed by atoms with Gasteiger partial charge in [0.1, 0.15) is 0 Å². The van der Waals surface area contributed by atoms with Crippen LogP contribution in [0.2, 0.25) is 0 Å². The predicted octanol–water partition coefficient (Wildman–Crippen LogP) is 4.85. The van der Waals surface area contributed by atoms with Crippen LogP contribution in [0.1, 0.15) is 71.1 Å². The molecule has 0 radical (unpaired) electrons. The van der Waals surface area contributed by atoms with Crippen molar-refractivity contribution in [1.82, 2.24) is 0 Å². The van der Waals surface area contributed by atoms with Gasteiger partial charge in [-0.25, -0.2) is 0 Å². The maximum absolute atomic E-state index is 3.35. The average molecular weight is 204 g/mol. The van der Waals surface area contributed by atoms with Crippen LogP contribution in [0.4, 0.5) is 0 Å². The number of hydrogen-bond acceptors (Lipinski definition) is 0. The first-order valence-corrected chi connectivity index (χ1v) is 6.61. The first-order chi connectivity index (χ1) is 7.43. The Kier molecular flexibility index (Phi) is 7.09. The lowest BCUT2D eigenvalue weighted by atomic mass is 10.1. The number of hydrogen-bond donors (Lipinski definition) is 0. The molecule has 0 spiro atoms. The van der Waals surface area contributed by atoms with Crippen LogP contribution < -0.4 is 0 Å². The summed E-state index contributed by atoms with van der Waals surface area (Å²) in [5, 5.41) is 0. The molecule has 0 aromatic rings. The van der Waals surface area contributed by atoms with E-state index < -0.39 is 0 Å². The molecule has 84 valence electrons. The second kappa shape index (κ2) is 8.60. The van der Waals surface area contributed by atoms with Gasteiger partial charge < -0.3 is 0 Å². The molecule has 0 atom stereocenters. The molecule has 1 aliphatic rings. The van der Waals surface area contributed by atoms with Gasteiger partial charge in [-0.15, -0.1) is 0 Å². The molecule has 0 N–H and O–H groups in total. The first-order valence-electron chi connectivity index (χ1n) is 6.61. The molecule has 0 aromatic heterocycles. The minimum Gasteiger partial charge on any atom is -0.0982 e. The summed E-state index contributed by atoms with van der Waals surface area (Å²) >= 11 is 0. The van der Waals surface area contributed by atoms with Crippen LogP contribution in [0.3, 0.4) is 0 Å². The maximum atomic E-state index is 3.35. The molecule has 1 rings (SSSR count). The monoisotopic (exact) mass is 204 g/mol. The Balaban J connectivity index is 2.15. The SMILES string of the molecule is CCCCCCC#CC1=CCCCCC1. The summed E-state index contributed by atoms with van der Waals surface area (Å²) in [4.78, 5) is 0. The fraction of sp³-hybridized carbons (Fsp3) is 0.733. The highest BCUT2D eigenvalue weighted by Crippen LogP contribution is 2.16. The quantitative estimate of drug-likeness (QED) is 0.453. The van der Waals surface area contributed by atoms with Crippen molar-refractivity contribution < 1.29 is 0 Å². The van der Waals surface area contributed by atoms with Gasteiger partial charge in [0.05, 0.1) is 0 Å². The normalized spacial score (nSPS) is 16.2. The molecule has 0 saturated carbocycles. The van der Waals surface area contributed by atoms with E-state index >= 15 is 0 Å². The third-order valence-corrected chi connectivity index (χ3v) is 2.95. The van der Waals surface area contributed by atoms with E-state index in [1.54, 1.807) is 0 Å².